The Kier molecular flexibility index (Phi) is 3.31. The first-order valence-corrected chi connectivity index (χ1v) is 6.17. The van der Waals surface area contributed by atoms with Gasteiger partial charge >= 0.3 is 0 Å². The number of aliphatic hydroxyl groups excluding tert-OH is 1. The number of hydrogen-bond donors (Lipinski definition) is 2. The van der Waals surface area contributed by atoms with Crippen molar-refractivity contribution in [1.29, 1.82) is 0 Å². The summed E-state index contributed by atoms with van der Waals surface area (Å²) in [4.78, 5) is 0. The maximum Gasteiger partial charge on any atom is 0.0764 e. The Hall–Kier alpha value is -0.860. The lowest BCUT2D eigenvalue weighted by Gasteiger charge is -2.31. The smallest absolute Gasteiger partial charge is 0.0764 e. The maximum atomic E-state index is 9.83. The molecule has 1 aliphatic carbocycles. The van der Waals surface area contributed by atoms with Crippen LogP contribution >= 0.6 is 0 Å². The van der Waals surface area contributed by atoms with E-state index in [-0.39, 0.29) is 5.41 Å². The molecule has 3 N–H and O–H groups in total. The summed E-state index contributed by atoms with van der Waals surface area (Å²) in [6.45, 7) is 2.52. The molecule has 2 heteroatoms. The minimum atomic E-state index is -0.403. The van der Waals surface area contributed by atoms with Gasteiger partial charge in [-0.1, -0.05) is 37.1 Å². The van der Waals surface area contributed by atoms with Crippen LogP contribution in [-0.4, -0.2) is 11.7 Å². The van der Waals surface area contributed by atoms with Crippen LogP contribution in [-0.2, 0) is 5.41 Å². The van der Waals surface area contributed by atoms with Gasteiger partial charge in [0.15, 0.2) is 0 Å². The van der Waals surface area contributed by atoms with Crippen LogP contribution in [0.25, 0.3) is 0 Å². The van der Waals surface area contributed by atoms with E-state index in [0.717, 1.165) is 18.4 Å². The minimum absolute atomic E-state index is 0.119. The Bertz CT molecular complexity index is 354. The van der Waals surface area contributed by atoms with Gasteiger partial charge in [0.05, 0.1) is 6.10 Å². The summed E-state index contributed by atoms with van der Waals surface area (Å²) < 4.78 is 0. The molecule has 1 fully saturated rings. The first kappa shape index (κ1) is 11.6. The third-order valence-electron chi connectivity index (χ3n) is 3.93. The second-order valence-electron chi connectivity index (χ2n) is 4.95. The Labute approximate surface area is 97.5 Å². The van der Waals surface area contributed by atoms with Gasteiger partial charge in [-0.15, -0.1) is 0 Å². The van der Waals surface area contributed by atoms with Crippen LogP contribution in [0.4, 0.5) is 0 Å². The Balaban J connectivity index is 2.45. The molecule has 1 aromatic rings. The molecular formula is C14H21NO. The predicted octanol–water partition coefficient (Wildman–Crippen LogP) is 2.51. The average molecular weight is 219 g/mol. The van der Waals surface area contributed by atoms with Crippen molar-refractivity contribution in [1.82, 2.24) is 0 Å². The summed E-state index contributed by atoms with van der Waals surface area (Å²) in [6.07, 6.45) is 4.43. The summed E-state index contributed by atoms with van der Waals surface area (Å²) in [5.74, 6) is 0. The van der Waals surface area contributed by atoms with Gasteiger partial charge in [-0.05, 0) is 30.9 Å². The lowest BCUT2D eigenvalue weighted by Crippen LogP contribution is -2.33. The molecule has 0 aromatic heterocycles. The Morgan fingerprint density at radius 2 is 1.94 bits per heavy atom. The molecule has 2 rings (SSSR count). The van der Waals surface area contributed by atoms with Crippen LogP contribution in [0.1, 0.15) is 49.8 Å². The van der Waals surface area contributed by atoms with E-state index in [1.54, 1.807) is 0 Å². The largest absolute Gasteiger partial charge is 0.389 e. The van der Waals surface area contributed by atoms with Crippen molar-refractivity contribution < 1.29 is 5.11 Å². The number of rotatable bonds is 3. The van der Waals surface area contributed by atoms with Crippen LogP contribution < -0.4 is 5.73 Å². The van der Waals surface area contributed by atoms with E-state index < -0.39 is 6.10 Å². The van der Waals surface area contributed by atoms with Gasteiger partial charge in [-0.2, -0.15) is 0 Å². The van der Waals surface area contributed by atoms with E-state index in [1.807, 2.05) is 19.1 Å². The van der Waals surface area contributed by atoms with Gasteiger partial charge in [0.25, 0.3) is 0 Å². The van der Waals surface area contributed by atoms with Gasteiger partial charge in [-0.25, -0.2) is 0 Å². The molecule has 1 saturated carbocycles. The van der Waals surface area contributed by atoms with Crippen molar-refractivity contribution in [2.24, 2.45) is 5.73 Å². The summed E-state index contributed by atoms with van der Waals surface area (Å²) in [7, 11) is 0. The zero-order chi connectivity index (χ0) is 11.6. The lowest BCUT2D eigenvalue weighted by molar-refractivity contribution is 0.195. The quantitative estimate of drug-likeness (QED) is 0.820. The van der Waals surface area contributed by atoms with Gasteiger partial charge in [0, 0.05) is 12.0 Å². The third-order valence-corrected chi connectivity index (χ3v) is 3.93. The molecule has 0 bridgehead atoms. The molecule has 0 amide bonds. The van der Waals surface area contributed by atoms with Crippen molar-refractivity contribution in [2.75, 3.05) is 6.54 Å². The molecule has 0 saturated heterocycles. The van der Waals surface area contributed by atoms with E-state index in [4.69, 9.17) is 5.73 Å². The molecule has 1 unspecified atom stereocenters. The molecule has 88 valence electrons. The number of hydrogen-bond acceptors (Lipinski definition) is 2. The highest BCUT2D eigenvalue weighted by Gasteiger charge is 2.36. The molecule has 0 radical (unpaired) electrons. The zero-order valence-electron chi connectivity index (χ0n) is 9.95. The molecule has 1 atom stereocenters. The van der Waals surface area contributed by atoms with E-state index in [0.29, 0.717) is 6.54 Å². The fourth-order valence-electron chi connectivity index (χ4n) is 2.98. The fourth-order valence-corrected chi connectivity index (χ4v) is 2.98. The minimum Gasteiger partial charge on any atom is -0.389 e. The summed E-state index contributed by atoms with van der Waals surface area (Å²) in [5.41, 5.74) is 8.43. The molecule has 0 aliphatic heterocycles. The van der Waals surface area contributed by atoms with E-state index in [9.17, 15) is 5.11 Å². The van der Waals surface area contributed by atoms with Gasteiger partial charge in [0.2, 0.25) is 0 Å². The number of benzene rings is 1. The standard InChI is InChI=1S/C14H21NO/c1-11(16)12-6-2-3-7-13(12)14(10-15)8-4-5-9-14/h2-3,6-7,11,16H,4-5,8-10,15H2,1H3. The molecule has 16 heavy (non-hydrogen) atoms. The SMILES string of the molecule is CC(O)c1ccccc1C1(CN)CCCC1. The first-order chi connectivity index (χ1) is 7.69. The summed E-state index contributed by atoms with van der Waals surface area (Å²) >= 11 is 0. The fraction of sp³-hybridized carbons (Fsp3) is 0.571. The highest BCUT2D eigenvalue weighted by molar-refractivity contribution is 5.37. The number of aliphatic hydroxyl groups is 1. The van der Waals surface area contributed by atoms with Crippen molar-refractivity contribution >= 4 is 0 Å². The van der Waals surface area contributed by atoms with Crippen LogP contribution in [0.3, 0.4) is 0 Å². The Morgan fingerprint density at radius 3 is 2.50 bits per heavy atom. The van der Waals surface area contributed by atoms with Crippen molar-refractivity contribution in [2.45, 2.75) is 44.1 Å². The number of nitrogens with two attached hydrogens (primary N) is 1. The highest BCUT2D eigenvalue weighted by atomic mass is 16.3. The van der Waals surface area contributed by atoms with E-state index in [1.165, 1.54) is 18.4 Å². The summed E-state index contributed by atoms with van der Waals surface area (Å²) in [6, 6.07) is 8.21. The molecule has 0 spiro atoms. The molecule has 0 heterocycles. The summed E-state index contributed by atoms with van der Waals surface area (Å²) in [5, 5.41) is 9.83. The lowest BCUT2D eigenvalue weighted by atomic mass is 9.76. The van der Waals surface area contributed by atoms with Crippen LogP contribution in [0.15, 0.2) is 24.3 Å². The highest BCUT2D eigenvalue weighted by Crippen LogP contribution is 2.42. The van der Waals surface area contributed by atoms with Crippen molar-refractivity contribution in [3.8, 4) is 0 Å². The average Bonchev–Trinajstić information content (AvgIpc) is 2.78. The normalized spacial score (nSPS) is 20.9. The molecular weight excluding hydrogens is 198 g/mol. The third kappa shape index (κ3) is 1.87. The topological polar surface area (TPSA) is 46.2 Å². The van der Waals surface area contributed by atoms with Crippen LogP contribution in [0, 0.1) is 0 Å². The monoisotopic (exact) mass is 219 g/mol. The Morgan fingerprint density at radius 1 is 1.31 bits per heavy atom. The van der Waals surface area contributed by atoms with E-state index >= 15 is 0 Å². The second-order valence-corrected chi connectivity index (χ2v) is 4.95. The molecule has 2 nitrogen and oxygen atoms in total. The van der Waals surface area contributed by atoms with Gasteiger partial charge in [-0.3, -0.25) is 0 Å². The van der Waals surface area contributed by atoms with Crippen LogP contribution in [0.5, 0.6) is 0 Å². The first-order valence-electron chi connectivity index (χ1n) is 6.17. The van der Waals surface area contributed by atoms with Gasteiger partial charge < -0.3 is 10.8 Å². The van der Waals surface area contributed by atoms with Crippen molar-refractivity contribution in [3.63, 3.8) is 0 Å². The zero-order valence-corrected chi connectivity index (χ0v) is 9.95. The molecule has 1 aliphatic rings. The second kappa shape index (κ2) is 4.56. The van der Waals surface area contributed by atoms with Crippen LogP contribution in [0.2, 0.25) is 0 Å². The van der Waals surface area contributed by atoms with Crippen molar-refractivity contribution in [3.05, 3.63) is 35.4 Å². The predicted molar refractivity (Wildman–Crippen MR) is 66.3 cm³/mol. The maximum absolute atomic E-state index is 9.83. The van der Waals surface area contributed by atoms with Gasteiger partial charge in [0.1, 0.15) is 0 Å². The molecule has 1 aromatic carbocycles. The van der Waals surface area contributed by atoms with E-state index in [2.05, 4.69) is 12.1 Å².